The van der Waals surface area contributed by atoms with Crippen LogP contribution in [0.4, 0.5) is 13.2 Å². The summed E-state index contributed by atoms with van der Waals surface area (Å²) >= 11 is 0.986. The van der Waals surface area contributed by atoms with E-state index in [4.69, 9.17) is 0 Å². The predicted octanol–water partition coefficient (Wildman–Crippen LogP) is 1.27. The van der Waals surface area contributed by atoms with Gasteiger partial charge in [0.25, 0.3) is 5.16 Å². The van der Waals surface area contributed by atoms with Crippen LogP contribution in [0, 0.1) is 0 Å². The molecule has 0 radical (unpaired) electrons. The lowest BCUT2D eigenvalue weighted by molar-refractivity contribution is -0.142. The predicted molar refractivity (Wildman–Crippen MR) is 60.7 cm³/mol. The van der Waals surface area contributed by atoms with Gasteiger partial charge in [-0.15, -0.1) is 16.9 Å². The van der Waals surface area contributed by atoms with E-state index in [1.54, 1.807) is 6.26 Å². The van der Waals surface area contributed by atoms with Gasteiger partial charge in [0.2, 0.25) is 9.84 Å². The Morgan fingerprint density at radius 3 is 2.47 bits per heavy atom. The van der Waals surface area contributed by atoms with E-state index in [1.807, 2.05) is 0 Å². The number of imidazole rings is 1. The molecule has 0 aliphatic heterocycles. The first-order valence-corrected chi connectivity index (χ1v) is 7.83. The van der Waals surface area contributed by atoms with Gasteiger partial charge >= 0.3 is 6.18 Å². The van der Waals surface area contributed by atoms with Gasteiger partial charge in [0.05, 0.1) is 6.20 Å². The summed E-state index contributed by atoms with van der Waals surface area (Å²) in [5.74, 6) is 0. The first kappa shape index (κ1) is 14.1. The number of halogens is 3. The minimum atomic E-state index is -4.68. The summed E-state index contributed by atoms with van der Waals surface area (Å²) in [6.07, 6.45) is -1.72. The molecule has 0 amide bonds. The molecule has 0 aliphatic carbocycles. The van der Waals surface area contributed by atoms with Crippen LogP contribution in [0.25, 0.3) is 5.65 Å². The highest BCUT2D eigenvalue weighted by Gasteiger charge is 2.36. The quantitative estimate of drug-likeness (QED) is 0.777. The molecule has 0 atom stereocenters. The van der Waals surface area contributed by atoms with Crippen LogP contribution in [0.1, 0.15) is 5.69 Å². The Balaban J connectivity index is 2.86. The normalized spacial score (nSPS) is 13.1. The largest absolute Gasteiger partial charge is 0.435 e. The number of fused-ring (bicyclic) bond motifs is 1. The summed E-state index contributed by atoms with van der Waals surface area (Å²) in [6.45, 7) is 0. The third kappa shape index (κ3) is 2.52. The molecule has 0 fully saturated rings. The Morgan fingerprint density at radius 1 is 1.37 bits per heavy atom. The molecule has 0 N–H and O–H groups in total. The first-order valence-electron chi connectivity index (χ1n) is 4.71. The molecule has 2 aromatic rings. The summed E-state index contributed by atoms with van der Waals surface area (Å²) in [6, 6.07) is 0. The Labute approximate surface area is 110 Å². The summed E-state index contributed by atoms with van der Waals surface area (Å²) in [7, 11) is -3.82. The van der Waals surface area contributed by atoms with Crippen LogP contribution < -0.4 is 0 Å². The number of hydrogen-bond donors (Lipinski definition) is 0. The van der Waals surface area contributed by atoms with Crippen molar-refractivity contribution in [2.45, 2.75) is 16.4 Å². The second-order valence-electron chi connectivity index (χ2n) is 3.55. The Kier molecular flexibility index (Phi) is 3.21. The van der Waals surface area contributed by atoms with Gasteiger partial charge in [-0.2, -0.15) is 13.2 Å². The van der Waals surface area contributed by atoms with Crippen LogP contribution in [0.5, 0.6) is 0 Å². The third-order valence-corrected chi connectivity index (χ3v) is 3.62. The second kappa shape index (κ2) is 4.34. The molecule has 0 saturated carbocycles. The molecule has 0 bridgehead atoms. The van der Waals surface area contributed by atoms with E-state index in [1.165, 1.54) is 0 Å². The fourth-order valence-electron chi connectivity index (χ4n) is 1.32. The Morgan fingerprint density at radius 2 is 2.00 bits per heavy atom. The number of hydrogen-bond acceptors (Lipinski definition) is 6. The average Bonchev–Trinajstić information content (AvgIpc) is 2.69. The van der Waals surface area contributed by atoms with Crippen LogP contribution >= 0.6 is 11.8 Å². The number of rotatable bonds is 2. The number of aromatic nitrogens is 4. The summed E-state index contributed by atoms with van der Waals surface area (Å²) in [5.41, 5.74) is -1.28. The van der Waals surface area contributed by atoms with Gasteiger partial charge in [-0.25, -0.2) is 22.9 Å². The van der Waals surface area contributed by atoms with E-state index in [0.717, 1.165) is 18.0 Å². The lowest BCUT2D eigenvalue weighted by atomic mass is 10.5. The molecule has 2 aromatic heterocycles. The summed E-state index contributed by atoms with van der Waals surface area (Å²) < 4.78 is 61.4. The average molecular weight is 312 g/mol. The number of thioether (sulfide) groups is 1. The van der Waals surface area contributed by atoms with Crippen molar-refractivity contribution in [1.82, 2.24) is 19.6 Å². The zero-order valence-electron chi connectivity index (χ0n) is 9.63. The molecule has 6 nitrogen and oxygen atoms in total. The molecule has 0 aromatic carbocycles. The van der Waals surface area contributed by atoms with Crippen molar-refractivity contribution < 1.29 is 21.6 Å². The third-order valence-electron chi connectivity index (χ3n) is 2.13. The van der Waals surface area contributed by atoms with Gasteiger partial charge in [-0.3, -0.25) is 0 Å². The standard InChI is InChI=1S/C8H7F3N4O2S2/c1-18-6-5-12-3-4(8(9,10)11)15(5)14-7(13-6)19(2,16)17/h3H,1-2H3. The molecule has 11 heteroatoms. The first-order chi connectivity index (χ1) is 8.64. The van der Waals surface area contributed by atoms with E-state index in [0.29, 0.717) is 10.7 Å². The molecule has 0 unspecified atom stereocenters. The van der Waals surface area contributed by atoms with Crippen molar-refractivity contribution in [2.24, 2.45) is 0 Å². The lowest BCUT2D eigenvalue weighted by Crippen LogP contribution is -2.15. The SMILES string of the molecule is CSc1nc(S(C)(=O)=O)nn2c(C(F)(F)F)cnc12. The lowest BCUT2D eigenvalue weighted by Gasteiger charge is -2.07. The molecule has 0 aliphatic rings. The highest BCUT2D eigenvalue weighted by atomic mass is 32.2. The molecule has 19 heavy (non-hydrogen) atoms. The van der Waals surface area contributed by atoms with Gasteiger partial charge < -0.3 is 0 Å². The molecule has 104 valence electrons. The van der Waals surface area contributed by atoms with Gasteiger partial charge in [0, 0.05) is 6.26 Å². The van der Waals surface area contributed by atoms with E-state index < -0.39 is 26.9 Å². The van der Waals surface area contributed by atoms with Crippen molar-refractivity contribution in [3.8, 4) is 0 Å². The van der Waals surface area contributed by atoms with Gasteiger partial charge in [0.1, 0.15) is 5.03 Å². The van der Waals surface area contributed by atoms with Gasteiger partial charge in [-0.05, 0) is 6.26 Å². The number of alkyl halides is 3. The van der Waals surface area contributed by atoms with Gasteiger partial charge in [0.15, 0.2) is 11.3 Å². The van der Waals surface area contributed by atoms with E-state index in [-0.39, 0.29) is 10.7 Å². The van der Waals surface area contributed by atoms with Gasteiger partial charge in [-0.1, -0.05) is 0 Å². The van der Waals surface area contributed by atoms with E-state index in [2.05, 4.69) is 15.1 Å². The maximum atomic E-state index is 12.7. The smallest absolute Gasteiger partial charge is 0.232 e. The fourth-order valence-corrected chi connectivity index (χ4v) is 2.37. The maximum absolute atomic E-state index is 12.7. The van der Waals surface area contributed by atoms with Crippen molar-refractivity contribution in [3.05, 3.63) is 11.9 Å². The minimum absolute atomic E-state index is 0.0610. The zero-order chi connectivity index (χ0) is 14.4. The van der Waals surface area contributed by atoms with Crippen LogP contribution in [0.3, 0.4) is 0 Å². The van der Waals surface area contributed by atoms with Crippen LogP contribution in [0.2, 0.25) is 0 Å². The number of sulfone groups is 1. The van der Waals surface area contributed by atoms with Crippen molar-refractivity contribution in [3.63, 3.8) is 0 Å². The molecule has 0 spiro atoms. The van der Waals surface area contributed by atoms with Crippen LogP contribution in [0.15, 0.2) is 16.4 Å². The molecule has 2 heterocycles. The fraction of sp³-hybridized carbons (Fsp3) is 0.375. The summed E-state index contributed by atoms with van der Waals surface area (Å²) in [5, 5.41) is 2.79. The zero-order valence-corrected chi connectivity index (χ0v) is 11.3. The minimum Gasteiger partial charge on any atom is -0.232 e. The molecular weight excluding hydrogens is 305 g/mol. The van der Waals surface area contributed by atoms with Crippen LogP contribution in [-0.2, 0) is 16.0 Å². The summed E-state index contributed by atoms with van der Waals surface area (Å²) in [4.78, 5) is 7.28. The topological polar surface area (TPSA) is 77.2 Å². The monoisotopic (exact) mass is 312 g/mol. The Bertz CT molecular complexity index is 738. The Hall–Kier alpha value is -1.36. The molecular formula is C8H7F3N4O2S2. The van der Waals surface area contributed by atoms with Crippen molar-refractivity contribution >= 4 is 27.2 Å². The molecule has 2 rings (SSSR count). The van der Waals surface area contributed by atoms with E-state index in [9.17, 15) is 21.6 Å². The molecule has 0 saturated heterocycles. The van der Waals surface area contributed by atoms with Crippen molar-refractivity contribution in [1.29, 1.82) is 0 Å². The number of nitrogens with zero attached hydrogens (tertiary/aromatic N) is 4. The van der Waals surface area contributed by atoms with Crippen LogP contribution in [-0.4, -0.2) is 40.5 Å². The highest BCUT2D eigenvalue weighted by Crippen LogP contribution is 2.31. The maximum Gasteiger partial charge on any atom is 0.435 e. The highest BCUT2D eigenvalue weighted by molar-refractivity contribution is 7.98. The van der Waals surface area contributed by atoms with E-state index >= 15 is 0 Å². The second-order valence-corrected chi connectivity index (χ2v) is 6.26. The van der Waals surface area contributed by atoms with Crippen molar-refractivity contribution in [2.75, 3.05) is 12.5 Å².